The number of aryl methyl sites for hydroxylation is 1. The Morgan fingerprint density at radius 1 is 1.15 bits per heavy atom. The molecule has 2 aromatic heterocycles. The van der Waals surface area contributed by atoms with E-state index in [-0.39, 0.29) is 11.9 Å². The largest absolute Gasteiger partial charge is 0.351 e. The zero-order valence-electron chi connectivity index (χ0n) is 18.1. The van der Waals surface area contributed by atoms with E-state index in [1.807, 2.05) is 41.5 Å². The zero-order valence-corrected chi connectivity index (χ0v) is 19.7. The summed E-state index contributed by atoms with van der Waals surface area (Å²) in [6, 6.07) is 18.2. The molecule has 2 aromatic carbocycles. The lowest BCUT2D eigenvalue weighted by molar-refractivity contribution is 0.404. The Bertz CT molecular complexity index is 1330. The highest BCUT2D eigenvalue weighted by Gasteiger charge is 2.35. The molecule has 0 radical (unpaired) electrons. The molecule has 0 saturated carbocycles. The van der Waals surface area contributed by atoms with Crippen LogP contribution in [0.3, 0.4) is 0 Å². The van der Waals surface area contributed by atoms with E-state index in [4.69, 9.17) is 21.7 Å². The van der Waals surface area contributed by atoms with Gasteiger partial charge in [-0.15, -0.1) is 11.3 Å². The molecular formula is C25H21FN4OS2. The first-order valence-electron chi connectivity index (χ1n) is 10.6. The minimum Gasteiger partial charge on any atom is -0.351 e. The number of aromatic nitrogens is 2. The van der Waals surface area contributed by atoms with Gasteiger partial charge in [0.25, 0.3) is 5.89 Å². The van der Waals surface area contributed by atoms with Crippen LogP contribution in [0.2, 0.25) is 0 Å². The summed E-state index contributed by atoms with van der Waals surface area (Å²) in [5.74, 6) is 0.637. The molecule has 1 aliphatic rings. The van der Waals surface area contributed by atoms with Crippen LogP contribution in [-0.2, 0) is 6.42 Å². The number of benzene rings is 2. The summed E-state index contributed by atoms with van der Waals surface area (Å²) in [5.41, 5.74) is 4.70. The summed E-state index contributed by atoms with van der Waals surface area (Å²) in [7, 11) is 0. The van der Waals surface area contributed by atoms with E-state index in [0.29, 0.717) is 16.8 Å². The Morgan fingerprint density at radius 2 is 1.97 bits per heavy atom. The first-order chi connectivity index (χ1) is 16.0. The van der Waals surface area contributed by atoms with Gasteiger partial charge in [-0.2, -0.15) is 4.98 Å². The van der Waals surface area contributed by atoms with Gasteiger partial charge < -0.3 is 9.84 Å². The van der Waals surface area contributed by atoms with Crippen LogP contribution in [0.1, 0.15) is 36.9 Å². The molecule has 0 bridgehead atoms. The van der Waals surface area contributed by atoms with Crippen molar-refractivity contribution >= 4 is 39.9 Å². The van der Waals surface area contributed by atoms with Gasteiger partial charge in [0.1, 0.15) is 5.82 Å². The van der Waals surface area contributed by atoms with Gasteiger partial charge in [0.05, 0.1) is 16.5 Å². The van der Waals surface area contributed by atoms with E-state index in [1.54, 1.807) is 23.5 Å². The summed E-state index contributed by atoms with van der Waals surface area (Å²) < 4.78 is 19.4. The van der Waals surface area contributed by atoms with Crippen LogP contribution in [-0.4, -0.2) is 15.3 Å². The molecule has 1 atom stereocenters. The normalized spacial score (nSPS) is 16.3. The second-order valence-corrected chi connectivity index (χ2v) is 9.03. The van der Waals surface area contributed by atoms with Crippen LogP contribution in [0.15, 0.2) is 76.3 Å². The summed E-state index contributed by atoms with van der Waals surface area (Å²) in [5, 5.41) is 10.1. The molecule has 4 aromatic rings. The molecular weight excluding hydrogens is 455 g/mol. The number of rotatable bonds is 5. The number of halogens is 1. The number of hydrogen-bond donors (Lipinski definition) is 1. The Balaban J connectivity index is 1.66. The lowest BCUT2D eigenvalue weighted by Crippen LogP contribution is -2.46. The van der Waals surface area contributed by atoms with E-state index < -0.39 is 0 Å². The van der Waals surface area contributed by atoms with Gasteiger partial charge in [-0.1, -0.05) is 42.4 Å². The molecule has 8 heteroatoms. The highest BCUT2D eigenvalue weighted by atomic mass is 32.1. The fourth-order valence-corrected chi connectivity index (χ4v) is 5.00. The van der Waals surface area contributed by atoms with Gasteiger partial charge in [-0.3, -0.25) is 4.90 Å². The van der Waals surface area contributed by atoms with Crippen molar-refractivity contribution in [2.24, 2.45) is 0 Å². The standard InChI is InChI=1S/C25H21FN4OS2/c1-3-16-6-4-7-19(14-16)30-15(2)21(24-28-23(29-31-24)20-8-5-13-33-20)22(27-25(30)32)17-9-11-18(26)12-10-17/h4-14,22H,3H2,1-2H3,(H,27,32). The van der Waals surface area contributed by atoms with Crippen LogP contribution in [0, 0.1) is 5.82 Å². The summed E-state index contributed by atoms with van der Waals surface area (Å²) >= 11 is 7.33. The second-order valence-electron chi connectivity index (χ2n) is 7.69. The smallest absolute Gasteiger partial charge is 0.258 e. The van der Waals surface area contributed by atoms with Crippen molar-refractivity contribution in [2.45, 2.75) is 26.3 Å². The third-order valence-electron chi connectivity index (χ3n) is 5.66. The fraction of sp³-hybridized carbons (Fsp3) is 0.160. The van der Waals surface area contributed by atoms with Crippen LogP contribution in [0.5, 0.6) is 0 Å². The number of hydrogen-bond acceptors (Lipinski definition) is 5. The second kappa shape index (κ2) is 8.88. The molecule has 3 heterocycles. The van der Waals surface area contributed by atoms with Crippen molar-refractivity contribution in [3.05, 3.63) is 94.6 Å². The van der Waals surface area contributed by atoms with Crippen molar-refractivity contribution in [2.75, 3.05) is 4.90 Å². The van der Waals surface area contributed by atoms with Crippen molar-refractivity contribution < 1.29 is 8.91 Å². The molecule has 5 rings (SSSR count). The summed E-state index contributed by atoms with van der Waals surface area (Å²) in [6.45, 7) is 4.11. The lowest BCUT2D eigenvalue weighted by Gasteiger charge is -2.37. The number of anilines is 1. The highest BCUT2D eigenvalue weighted by Crippen LogP contribution is 2.39. The minimum absolute atomic E-state index is 0.296. The monoisotopic (exact) mass is 476 g/mol. The van der Waals surface area contributed by atoms with Gasteiger partial charge in [0.2, 0.25) is 5.82 Å². The maximum Gasteiger partial charge on any atom is 0.258 e. The van der Waals surface area contributed by atoms with Gasteiger partial charge in [-0.05, 0) is 72.4 Å². The van der Waals surface area contributed by atoms with Gasteiger partial charge in [0.15, 0.2) is 5.11 Å². The molecule has 0 saturated heterocycles. The van der Waals surface area contributed by atoms with Gasteiger partial charge in [-0.25, -0.2) is 4.39 Å². The van der Waals surface area contributed by atoms with E-state index in [0.717, 1.165) is 33.8 Å². The van der Waals surface area contributed by atoms with E-state index in [1.165, 1.54) is 17.7 Å². The molecule has 1 N–H and O–H groups in total. The molecule has 1 unspecified atom stereocenters. The number of allylic oxidation sites excluding steroid dienone is 1. The predicted octanol–water partition coefficient (Wildman–Crippen LogP) is 6.37. The molecule has 0 fully saturated rings. The third-order valence-corrected chi connectivity index (χ3v) is 6.83. The number of thiocarbonyl (C=S) groups is 1. The van der Waals surface area contributed by atoms with E-state index in [2.05, 4.69) is 29.5 Å². The van der Waals surface area contributed by atoms with Crippen LogP contribution in [0.4, 0.5) is 10.1 Å². The predicted molar refractivity (Wildman–Crippen MR) is 133 cm³/mol. The molecule has 0 spiro atoms. The van der Waals surface area contributed by atoms with Crippen molar-refractivity contribution in [3.63, 3.8) is 0 Å². The van der Waals surface area contributed by atoms with Gasteiger partial charge in [0, 0.05) is 11.4 Å². The molecule has 33 heavy (non-hydrogen) atoms. The molecule has 0 amide bonds. The van der Waals surface area contributed by atoms with E-state index in [9.17, 15) is 4.39 Å². The first kappa shape index (κ1) is 21.5. The SMILES string of the molecule is CCc1cccc(N2C(=S)NC(c3ccc(F)cc3)C(c3nc(-c4cccs4)no3)=C2C)c1. The number of thiophene rings is 1. The van der Waals surface area contributed by atoms with Gasteiger partial charge >= 0.3 is 0 Å². The van der Waals surface area contributed by atoms with E-state index >= 15 is 0 Å². The van der Waals surface area contributed by atoms with Crippen LogP contribution >= 0.6 is 23.6 Å². The highest BCUT2D eigenvalue weighted by molar-refractivity contribution is 7.80. The first-order valence-corrected chi connectivity index (χ1v) is 11.9. The average molecular weight is 477 g/mol. The van der Waals surface area contributed by atoms with Crippen LogP contribution in [0.25, 0.3) is 16.3 Å². The van der Waals surface area contributed by atoms with Crippen molar-refractivity contribution in [1.82, 2.24) is 15.5 Å². The average Bonchev–Trinajstić information content (AvgIpc) is 3.52. The lowest BCUT2D eigenvalue weighted by atomic mass is 9.94. The Morgan fingerprint density at radius 3 is 2.70 bits per heavy atom. The maximum atomic E-state index is 13.6. The van der Waals surface area contributed by atoms with Crippen molar-refractivity contribution in [3.8, 4) is 10.7 Å². The fourth-order valence-electron chi connectivity index (χ4n) is 3.99. The summed E-state index contributed by atoms with van der Waals surface area (Å²) in [4.78, 5) is 7.61. The Kier molecular flexibility index (Phi) is 5.78. The third kappa shape index (κ3) is 4.07. The number of nitrogens with one attached hydrogen (secondary N) is 1. The minimum atomic E-state index is -0.361. The zero-order chi connectivity index (χ0) is 22.9. The Hall–Kier alpha value is -3.36. The summed E-state index contributed by atoms with van der Waals surface area (Å²) in [6.07, 6.45) is 0.920. The molecule has 1 aliphatic heterocycles. The Labute approximate surface area is 200 Å². The topological polar surface area (TPSA) is 54.2 Å². The molecule has 5 nitrogen and oxygen atoms in total. The quantitative estimate of drug-likeness (QED) is 0.338. The van der Waals surface area contributed by atoms with Crippen LogP contribution < -0.4 is 10.2 Å². The number of nitrogens with zero attached hydrogens (tertiary/aromatic N) is 3. The van der Waals surface area contributed by atoms with Crippen molar-refractivity contribution in [1.29, 1.82) is 0 Å². The maximum absolute atomic E-state index is 13.6. The molecule has 0 aliphatic carbocycles. The molecule has 166 valence electrons.